The Bertz CT molecular complexity index is 823. The molecule has 0 spiro atoms. The molecule has 1 saturated heterocycles. The van der Waals surface area contributed by atoms with Crippen LogP contribution in [0.1, 0.15) is 68.7 Å². The smallest absolute Gasteiger partial charge is 0.313 e. The van der Waals surface area contributed by atoms with E-state index >= 15 is 0 Å². The van der Waals surface area contributed by atoms with Crippen molar-refractivity contribution in [3.63, 3.8) is 0 Å². The van der Waals surface area contributed by atoms with Crippen molar-refractivity contribution in [2.75, 3.05) is 17.3 Å². The molecule has 1 unspecified atom stereocenters. The third-order valence-electron chi connectivity index (χ3n) is 5.15. The Morgan fingerprint density at radius 1 is 1.15 bits per heavy atom. The van der Waals surface area contributed by atoms with E-state index in [0.29, 0.717) is 12.0 Å². The molecule has 1 aromatic rings. The van der Waals surface area contributed by atoms with Crippen molar-refractivity contribution in [3.8, 4) is 0 Å². The lowest BCUT2D eigenvalue weighted by Crippen LogP contribution is -2.44. The lowest BCUT2D eigenvalue weighted by molar-refractivity contribution is -0.384. The van der Waals surface area contributed by atoms with Crippen molar-refractivity contribution in [1.29, 1.82) is 0 Å². The number of non-ortho nitro benzene ring substituents is 1. The van der Waals surface area contributed by atoms with Gasteiger partial charge in [-0.15, -0.1) is 11.8 Å². The van der Waals surface area contributed by atoms with Gasteiger partial charge in [-0.3, -0.25) is 29.9 Å². The number of nitro groups is 1. The van der Waals surface area contributed by atoms with Crippen LogP contribution in [0.2, 0.25) is 0 Å². The van der Waals surface area contributed by atoms with Gasteiger partial charge in [0.2, 0.25) is 5.91 Å². The second kappa shape index (κ2) is 14.8. The molecule has 1 aliphatic heterocycles. The molecule has 2 N–H and O–H groups in total. The molecule has 0 bridgehead atoms. The number of carbonyl (C=O) groups excluding carboxylic acids is 2. The molecule has 0 aliphatic carbocycles. The van der Waals surface area contributed by atoms with E-state index in [1.165, 1.54) is 40.7 Å². The molecule has 1 atom stereocenters. The number of aliphatic carboxylic acids is 1. The first kappa shape index (κ1) is 27.0. The number of rotatable bonds is 16. The number of unbranched alkanes of at least 4 members (excludes halogenated alkanes) is 7. The lowest BCUT2D eigenvalue weighted by Gasteiger charge is -2.24. The van der Waals surface area contributed by atoms with Gasteiger partial charge in [0.1, 0.15) is 5.37 Å². The normalized spacial score (nSPS) is 15.6. The van der Waals surface area contributed by atoms with Crippen molar-refractivity contribution in [3.05, 3.63) is 39.9 Å². The fraction of sp³-hybridized carbons (Fsp3) is 0.591. The zero-order chi connectivity index (χ0) is 24.1. The number of thioether (sulfide) groups is 2. The van der Waals surface area contributed by atoms with E-state index < -0.39 is 16.3 Å². The molecule has 0 saturated carbocycles. The molecule has 182 valence electrons. The Labute approximate surface area is 202 Å². The van der Waals surface area contributed by atoms with Crippen LogP contribution in [-0.4, -0.2) is 50.1 Å². The first-order valence-electron chi connectivity index (χ1n) is 11.2. The van der Waals surface area contributed by atoms with Gasteiger partial charge in [0.25, 0.3) is 11.6 Å². The minimum absolute atomic E-state index is 0.0456. The van der Waals surface area contributed by atoms with Crippen LogP contribution in [0.25, 0.3) is 0 Å². The van der Waals surface area contributed by atoms with Crippen molar-refractivity contribution < 1.29 is 24.4 Å². The minimum atomic E-state index is -0.762. The van der Waals surface area contributed by atoms with Gasteiger partial charge < -0.3 is 5.11 Å². The molecule has 11 heteroatoms. The van der Waals surface area contributed by atoms with Gasteiger partial charge in [0.15, 0.2) is 0 Å². The number of hydrogen-bond acceptors (Lipinski definition) is 7. The van der Waals surface area contributed by atoms with Gasteiger partial charge in [-0.25, -0.2) is 5.01 Å². The van der Waals surface area contributed by atoms with E-state index in [9.17, 15) is 24.5 Å². The third-order valence-corrected chi connectivity index (χ3v) is 7.39. The summed E-state index contributed by atoms with van der Waals surface area (Å²) in [4.78, 5) is 45.5. The maximum atomic E-state index is 12.3. The zero-order valence-electron chi connectivity index (χ0n) is 18.6. The molecular formula is C22H31N3O6S2. The number of carbonyl (C=O) groups is 3. The van der Waals surface area contributed by atoms with E-state index in [1.807, 2.05) is 0 Å². The summed E-state index contributed by atoms with van der Waals surface area (Å²) in [6, 6.07) is 6.13. The average Bonchev–Trinajstić information content (AvgIpc) is 3.14. The number of nitrogens with zero attached hydrogens (tertiary/aromatic N) is 2. The number of nitrogens with one attached hydrogen (secondary N) is 1. The summed E-state index contributed by atoms with van der Waals surface area (Å²) in [5.41, 5.74) is 3.25. The summed E-state index contributed by atoms with van der Waals surface area (Å²) in [5.74, 6) is 0.0782. The fourth-order valence-electron chi connectivity index (χ4n) is 3.48. The number of benzene rings is 1. The van der Waals surface area contributed by atoms with Crippen LogP contribution in [0.3, 0.4) is 0 Å². The van der Waals surface area contributed by atoms with E-state index in [2.05, 4.69) is 5.43 Å². The predicted molar refractivity (Wildman–Crippen MR) is 130 cm³/mol. The highest BCUT2D eigenvalue weighted by Gasteiger charge is 2.34. The molecule has 1 aliphatic rings. The van der Waals surface area contributed by atoms with Crippen LogP contribution >= 0.6 is 23.5 Å². The van der Waals surface area contributed by atoms with Crippen LogP contribution < -0.4 is 5.43 Å². The second-order valence-corrected chi connectivity index (χ2v) is 10.0. The number of amides is 2. The topological polar surface area (TPSA) is 130 Å². The highest BCUT2D eigenvalue weighted by Crippen LogP contribution is 2.38. The maximum absolute atomic E-state index is 12.3. The molecule has 0 radical (unpaired) electrons. The van der Waals surface area contributed by atoms with Gasteiger partial charge in [0, 0.05) is 18.6 Å². The van der Waals surface area contributed by atoms with Gasteiger partial charge in [-0.1, -0.05) is 50.7 Å². The molecule has 2 amide bonds. The van der Waals surface area contributed by atoms with E-state index in [0.717, 1.165) is 57.1 Å². The predicted octanol–water partition coefficient (Wildman–Crippen LogP) is 4.53. The molecular weight excluding hydrogens is 466 g/mol. The summed E-state index contributed by atoms with van der Waals surface area (Å²) in [6.45, 7) is 0. The van der Waals surface area contributed by atoms with Gasteiger partial charge >= 0.3 is 5.97 Å². The van der Waals surface area contributed by atoms with Crippen LogP contribution in [0, 0.1) is 10.1 Å². The molecule has 33 heavy (non-hydrogen) atoms. The second-order valence-electron chi connectivity index (χ2n) is 7.84. The fourth-order valence-corrected chi connectivity index (χ4v) is 5.31. The average molecular weight is 498 g/mol. The SMILES string of the molecule is O=C(O)CSCCCCCCCCCCC(=O)NN1C(=O)CSC1c1cccc([N+](=O)[O-])c1. The Morgan fingerprint density at radius 3 is 2.48 bits per heavy atom. The monoisotopic (exact) mass is 497 g/mol. The summed E-state index contributed by atoms with van der Waals surface area (Å²) < 4.78 is 0. The van der Waals surface area contributed by atoms with Crippen molar-refractivity contribution in [2.24, 2.45) is 0 Å². The first-order chi connectivity index (χ1) is 15.9. The quantitative estimate of drug-likeness (QED) is 0.194. The highest BCUT2D eigenvalue weighted by molar-refractivity contribution is 8.00. The summed E-state index contributed by atoms with van der Waals surface area (Å²) in [7, 11) is 0. The van der Waals surface area contributed by atoms with Crippen LogP contribution in [0.5, 0.6) is 0 Å². The van der Waals surface area contributed by atoms with Crippen molar-refractivity contribution in [1.82, 2.24) is 10.4 Å². The number of nitro benzene ring substituents is 1. The van der Waals surface area contributed by atoms with Gasteiger partial charge in [0.05, 0.1) is 16.4 Å². The lowest BCUT2D eigenvalue weighted by atomic mass is 10.1. The molecule has 1 fully saturated rings. The zero-order valence-corrected chi connectivity index (χ0v) is 20.2. The van der Waals surface area contributed by atoms with Gasteiger partial charge in [-0.05, 0) is 24.2 Å². The van der Waals surface area contributed by atoms with Crippen LogP contribution in [0.15, 0.2) is 24.3 Å². The summed E-state index contributed by atoms with van der Waals surface area (Å²) >= 11 is 2.79. The van der Waals surface area contributed by atoms with Crippen LogP contribution in [-0.2, 0) is 14.4 Å². The number of hydrazine groups is 1. The van der Waals surface area contributed by atoms with Crippen LogP contribution in [0.4, 0.5) is 5.69 Å². The maximum Gasteiger partial charge on any atom is 0.313 e. The molecule has 1 aromatic carbocycles. The standard InChI is InChI=1S/C22H31N3O6S2/c26-19(12-7-5-3-1-2-4-6-8-13-32-16-21(28)29)23-24-20(27)15-33-22(24)17-10-9-11-18(14-17)25(30)31/h9-11,14,22H,1-8,12-13,15-16H2,(H,23,26)(H,28,29). The largest absolute Gasteiger partial charge is 0.481 e. The third kappa shape index (κ3) is 10.0. The summed E-state index contributed by atoms with van der Waals surface area (Å²) in [6.07, 6.45) is 8.62. The Hall–Kier alpha value is -2.27. The Morgan fingerprint density at radius 2 is 1.82 bits per heavy atom. The van der Waals surface area contributed by atoms with E-state index in [-0.39, 0.29) is 29.0 Å². The molecule has 9 nitrogen and oxygen atoms in total. The van der Waals surface area contributed by atoms with E-state index in [4.69, 9.17) is 5.11 Å². The molecule has 0 aromatic heterocycles. The van der Waals surface area contributed by atoms with E-state index in [1.54, 1.807) is 12.1 Å². The van der Waals surface area contributed by atoms with Crippen molar-refractivity contribution in [2.45, 2.75) is 63.2 Å². The highest BCUT2D eigenvalue weighted by atomic mass is 32.2. The summed E-state index contributed by atoms with van der Waals surface area (Å²) in [5, 5.41) is 20.4. The number of carboxylic acids is 1. The number of carboxylic acid groups (broad SMARTS) is 1. The minimum Gasteiger partial charge on any atom is -0.481 e. The molecule has 1 heterocycles. The first-order valence-corrected chi connectivity index (χ1v) is 13.4. The van der Waals surface area contributed by atoms with Gasteiger partial charge in [-0.2, -0.15) is 11.8 Å². The number of hydrogen-bond donors (Lipinski definition) is 2. The molecule has 2 rings (SSSR count). The van der Waals surface area contributed by atoms with Crippen molar-refractivity contribution >= 4 is 47.0 Å². The Kier molecular flexibility index (Phi) is 12.1. The Balaban J connectivity index is 1.60.